The Hall–Kier alpha value is -0.873. The van der Waals surface area contributed by atoms with Crippen LogP contribution < -0.4 is 0 Å². The summed E-state index contributed by atoms with van der Waals surface area (Å²) >= 11 is 0. The molecule has 0 amide bonds. The molecule has 0 aromatic carbocycles. The number of ether oxygens (including phenoxy) is 1. The maximum absolute atomic E-state index is 11.8. The number of rotatable bonds is 7. The second-order valence-electron chi connectivity index (χ2n) is 7.76. The van der Waals surface area contributed by atoms with Gasteiger partial charge in [0.25, 0.3) is 0 Å². The van der Waals surface area contributed by atoms with Crippen molar-refractivity contribution in [3.05, 3.63) is 23.3 Å². The van der Waals surface area contributed by atoms with E-state index < -0.39 is 8.32 Å². The fourth-order valence-corrected chi connectivity index (χ4v) is 3.46. The molecule has 3 nitrogen and oxygen atoms in total. The SMILES string of the molecule is C/C=C(\C)[C@H](O[Si](C)(C)C(C)(C)C)[C@@H](C)/C=C(\C)C(=O)OCC. The second kappa shape index (κ2) is 8.83. The Morgan fingerprint density at radius 3 is 2.13 bits per heavy atom. The molecule has 0 aromatic heterocycles. The first-order chi connectivity index (χ1) is 10.4. The highest BCUT2D eigenvalue weighted by molar-refractivity contribution is 6.74. The first-order valence-corrected chi connectivity index (χ1v) is 11.4. The van der Waals surface area contributed by atoms with Gasteiger partial charge in [-0.1, -0.05) is 39.8 Å². The lowest BCUT2D eigenvalue weighted by molar-refractivity contribution is -0.138. The van der Waals surface area contributed by atoms with Crippen molar-refractivity contribution in [2.75, 3.05) is 6.61 Å². The molecule has 0 fully saturated rings. The lowest BCUT2D eigenvalue weighted by Gasteiger charge is -2.41. The molecule has 0 rings (SSSR count). The highest BCUT2D eigenvalue weighted by atomic mass is 28.4. The molecule has 0 aliphatic rings. The van der Waals surface area contributed by atoms with Gasteiger partial charge in [0.1, 0.15) is 0 Å². The normalized spacial score (nSPS) is 17.0. The van der Waals surface area contributed by atoms with Gasteiger partial charge in [-0.25, -0.2) is 4.79 Å². The molecule has 0 bridgehead atoms. The highest BCUT2D eigenvalue weighted by Crippen LogP contribution is 2.39. The maximum atomic E-state index is 11.8. The predicted molar refractivity (Wildman–Crippen MR) is 101 cm³/mol. The van der Waals surface area contributed by atoms with Crippen LogP contribution >= 0.6 is 0 Å². The van der Waals surface area contributed by atoms with Crippen LogP contribution in [-0.2, 0) is 14.0 Å². The van der Waals surface area contributed by atoms with Crippen molar-refractivity contribution in [2.45, 2.75) is 79.6 Å². The van der Waals surface area contributed by atoms with Crippen LogP contribution in [0.1, 0.15) is 55.4 Å². The summed E-state index contributed by atoms with van der Waals surface area (Å²) in [6, 6.07) is 0. The Morgan fingerprint density at radius 1 is 1.22 bits per heavy atom. The van der Waals surface area contributed by atoms with E-state index in [1.165, 1.54) is 5.57 Å². The van der Waals surface area contributed by atoms with Crippen LogP contribution in [0.25, 0.3) is 0 Å². The molecule has 134 valence electrons. The average molecular weight is 341 g/mol. The zero-order chi connectivity index (χ0) is 18.4. The van der Waals surface area contributed by atoms with E-state index in [1.54, 1.807) is 0 Å². The van der Waals surface area contributed by atoms with Crippen LogP contribution in [-0.4, -0.2) is 27.0 Å². The Bertz CT molecular complexity index is 456. The zero-order valence-electron chi connectivity index (χ0n) is 16.7. The predicted octanol–water partition coefficient (Wildman–Crippen LogP) is 5.49. The molecule has 23 heavy (non-hydrogen) atoms. The minimum atomic E-state index is -1.89. The quantitative estimate of drug-likeness (QED) is 0.266. The lowest BCUT2D eigenvalue weighted by atomic mass is 9.96. The number of carbonyl (C=O) groups excluding carboxylic acids is 1. The minimum absolute atomic E-state index is 0.00901. The van der Waals surface area contributed by atoms with Crippen LogP contribution in [0.2, 0.25) is 18.1 Å². The third-order valence-corrected chi connectivity index (χ3v) is 9.18. The summed E-state index contributed by atoms with van der Waals surface area (Å²) in [6.07, 6.45) is 4.07. The molecule has 0 aliphatic heterocycles. The van der Waals surface area contributed by atoms with Crippen LogP contribution in [0.15, 0.2) is 23.3 Å². The van der Waals surface area contributed by atoms with E-state index in [2.05, 4.69) is 53.8 Å². The molecule has 0 saturated carbocycles. The van der Waals surface area contributed by atoms with Crippen LogP contribution in [0, 0.1) is 5.92 Å². The zero-order valence-corrected chi connectivity index (χ0v) is 17.7. The van der Waals surface area contributed by atoms with E-state index in [4.69, 9.17) is 9.16 Å². The number of carbonyl (C=O) groups is 1. The number of hydrogen-bond donors (Lipinski definition) is 0. The Labute approximate surface area is 144 Å². The fourth-order valence-electron chi connectivity index (χ4n) is 2.07. The van der Waals surface area contributed by atoms with E-state index in [-0.39, 0.29) is 23.0 Å². The number of hydrogen-bond acceptors (Lipinski definition) is 3. The standard InChI is InChI=1S/C19H36O3Si/c1-11-14(3)17(22-23(9,10)19(6,7)8)15(4)13-16(5)18(20)21-12-2/h11,13,15,17H,12H2,1-10H3/b14-11+,16-13+/t15-,17-/m0/s1. The molecule has 2 atom stereocenters. The molecule has 0 saturated heterocycles. The molecule has 0 radical (unpaired) electrons. The van der Waals surface area contributed by atoms with Crippen molar-refractivity contribution in [3.8, 4) is 0 Å². The van der Waals surface area contributed by atoms with Gasteiger partial charge < -0.3 is 9.16 Å². The largest absolute Gasteiger partial charge is 0.463 e. The molecular weight excluding hydrogens is 304 g/mol. The monoisotopic (exact) mass is 340 g/mol. The first kappa shape index (κ1) is 22.1. The summed E-state index contributed by atoms with van der Waals surface area (Å²) < 4.78 is 11.7. The summed E-state index contributed by atoms with van der Waals surface area (Å²) in [5.41, 5.74) is 1.85. The van der Waals surface area contributed by atoms with Gasteiger partial charge in [-0.2, -0.15) is 0 Å². The number of allylic oxidation sites excluding steroid dienone is 1. The molecule has 0 N–H and O–H groups in total. The van der Waals surface area contributed by atoms with Crippen LogP contribution in [0.5, 0.6) is 0 Å². The Balaban J connectivity index is 5.43. The molecule has 0 aliphatic carbocycles. The van der Waals surface area contributed by atoms with Gasteiger partial charge in [-0.15, -0.1) is 0 Å². The second-order valence-corrected chi connectivity index (χ2v) is 12.5. The van der Waals surface area contributed by atoms with E-state index in [0.717, 1.165) is 0 Å². The Kier molecular flexibility index (Phi) is 8.50. The van der Waals surface area contributed by atoms with Gasteiger partial charge in [0, 0.05) is 11.5 Å². The van der Waals surface area contributed by atoms with E-state index in [9.17, 15) is 4.79 Å². The van der Waals surface area contributed by atoms with Gasteiger partial charge in [-0.3, -0.25) is 0 Å². The van der Waals surface area contributed by atoms with E-state index in [1.807, 2.05) is 26.8 Å². The highest BCUT2D eigenvalue weighted by Gasteiger charge is 2.40. The summed E-state index contributed by atoms with van der Waals surface area (Å²) in [6.45, 7) is 21.5. The van der Waals surface area contributed by atoms with Crippen molar-refractivity contribution in [2.24, 2.45) is 5.92 Å². The van der Waals surface area contributed by atoms with Crippen molar-refractivity contribution < 1.29 is 14.0 Å². The van der Waals surface area contributed by atoms with Gasteiger partial charge in [0.2, 0.25) is 0 Å². The summed E-state index contributed by atoms with van der Waals surface area (Å²) in [5, 5.41) is 0.152. The van der Waals surface area contributed by atoms with Crippen molar-refractivity contribution in [3.63, 3.8) is 0 Å². The smallest absolute Gasteiger partial charge is 0.333 e. The Morgan fingerprint density at radius 2 is 1.74 bits per heavy atom. The lowest BCUT2D eigenvalue weighted by Crippen LogP contribution is -2.45. The number of esters is 1. The van der Waals surface area contributed by atoms with Gasteiger partial charge in [0.05, 0.1) is 12.7 Å². The minimum Gasteiger partial charge on any atom is -0.463 e. The third kappa shape index (κ3) is 6.64. The van der Waals surface area contributed by atoms with Crippen LogP contribution in [0.3, 0.4) is 0 Å². The van der Waals surface area contributed by atoms with E-state index in [0.29, 0.717) is 12.2 Å². The summed E-state index contributed by atoms with van der Waals surface area (Å²) in [4.78, 5) is 11.8. The topological polar surface area (TPSA) is 35.5 Å². The summed E-state index contributed by atoms with van der Waals surface area (Å²) in [5.74, 6) is -0.131. The molecule has 0 heterocycles. The fraction of sp³-hybridized carbons (Fsp3) is 0.737. The van der Waals surface area contributed by atoms with Gasteiger partial charge in [-0.05, 0) is 51.4 Å². The molecule has 0 spiro atoms. The van der Waals surface area contributed by atoms with Crippen molar-refractivity contribution in [1.82, 2.24) is 0 Å². The van der Waals surface area contributed by atoms with Crippen molar-refractivity contribution >= 4 is 14.3 Å². The van der Waals surface area contributed by atoms with Gasteiger partial charge in [0.15, 0.2) is 8.32 Å². The first-order valence-electron chi connectivity index (χ1n) is 8.53. The summed E-state index contributed by atoms with van der Waals surface area (Å²) in [7, 11) is -1.89. The maximum Gasteiger partial charge on any atom is 0.333 e. The van der Waals surface area contributed by atoms with Crippen LogP contribution in [0.4, 0.5) is 0 Å². The van der Waals surface area contributed by atoms with E-state index >= 15 is 0 Å². The molecule has 4 heteroatoms. The third-order valence-electron chi connectivity index (χ3n) is 4.72. The molecule has 0 unspecified atom stereocenters. The molecule has 0 aromatic rings. The van der Waals surface area contributed by atoms with Crippen molar-refractivity contribution in [1.29, 1.82) is 0 Å². The average Bonchev–Trinajstić information content (AvgIpc) is 2.42. The van der Waals surface area contributed by atoms with Gasteiger partial charge >= 0.3 is 5.97 Å². The molecular formula is C19H36O3Si.